The van der Waals surface area contributed by atoms with E-state index >= 15 is 0 Å². The van der Waals surface area contributed by atoms with E-state index in [9.17, 15) is 8.78 Å². The van der Waals surface area contributed by atoms with Gasteiger partial charge in [0, 0.05) is 0 Å². The molecule has 6 atom stereocenters. The van der Waals surface area contributed by atoms with Crippen LogP contribution < -0.4 is 0 Å². The van der Waals surface area contributed by atoms with Gasteiger partial charge in [-0.3, -0.25) is 0 Å². The molecule has 14 heavy (non-hydrogen) atoms. The van der Waals surface area contributed by atoms with Crippen molar-refractivity contribution in [3.8, 4) is 0 Å². The molecule has 1 saturated carbocycles. The van der Waals surface area contributed by atoms with Crippen LogP contribution in [0.15, 0.2) is 0 Å². The summed E-state index contributed by atoms with van der Waals surface area (Å²) in [6.07, 6.45) is -10.2. The van der Waals surface area contributed by atoms with Crippen LogP contribution in [0, 0.1) is 0 Å². The monoisotopic (exact) mass is 216 g/mol. The predicted molar refractivity (Wildman–Crippen MR) is 36.1 cm³/mol. The van der Waals surface area contributed by atoms with Gasteiger partial charge in [0.1, 0.15) is 24.4 Å². The van der Waals surface area contributed by atoms with Gasteiger partial charge in [0.2, 0.25) is 0 Å². The molecule has 0 unspecified atom stereocenters. The summed E-state index contributed by atoms with van der Waals surface area (Å²) in [4.78, 5) is 0. The van der Waals surface area contributed by atoms with Crippen molar-refractivity contribution in [2.24, 2.45) is 0 Å². The number of aliphatic hydroxyl groups excluding tert-OH is 4. The second kappa shape index (κ2) is 3.05. The van der Waals surface area contributed by atoms with Gasteiger partial charge in [-0.15, -0.1) is 0 Å². The molecule has 8 heteroatoms. The maximum absolute atomic E-state index is 13.0. The van der Waals surface area contributed by atoms with Crippen molar-refractivity contribution < 1.29 is 39.4 Å². The Morgan fingerprint density at radius 2 is 0.929 bits per heavy atom. The predicted octanol–water partition coefficient (Wildman–Crippen LogP) is -3.24. The minimum Gasteiger partial charge on any atom is -0.387 e. The summed E-state index contributed by atoms with van der Waals surface area (Å²) in [5.41, 5.74) is 0. The highest BCUT2D eigenvalue weighted by molar-refractivity contribution is 5.07. The van der Waals surface area contributed by atoms with E-state index in [1.165, 1.54) is 0 Å². The van der Waals surface area contributed by atoms with Gasteiger partial charge < -0.3 is 30.6 Å². The zero-order valence-electron chi connectivity index (χ0n) is 6.75. The van der Waals surface area contributed by atoms with Gasteiger partial charge >= 0.3 is 0 Å². The fourth-order valence-electron chi connectivity index (χ4n) is 1.24. The van der Waals surface area contributed by atoms with Crippen molar-refractivity contribution >= 4 is 0 Å². The zero-order chi connectivity index (χ0) is 11.3. The van der Waals surface area contributed by atoms with Crippen LogP contribution in [-0.4, -0.2) is 66.8 Å². The summed E-state index contributed by atoms with van der Waals surface area (Å²) in [7, 11) is 0. The van der Waals surface area contributed by atoms with Crippen molar-refractivity contribution in [1.29, 1.82) is 0 Å². The van der Waals surface area contributed by atoms with Crippen LogP contribution >= 0.6 is 0 Å². The van der Waals surface area contributed by atoms with E-state index in [4.69, 9.17) is 30.6 Å². The average Bonchev–Trinajstić information content (AvgIpc) is 2.10. The third kappa shape index (κ3) is 1.23. The first-order chi connectivity index (χ1) is 6.14. The molecule has 0 aliphatic heterocycles. The van der Waals surface area contributed by atoms with Crippen LogP contribution in [0.3, 0.4) is 0 Å². The Kier molecular flexibility index (Phi) is 2.55. The number of alkyl halides is 2. The van der Waals surface area contributed by atoms with E-state index in [0.29, 0.717) is 0 Å². The molecule has 0 aromatic carbocycles. The van der Waals surface area contributed by atoms with Gasteiger partial charge in [0.05, 0.1) is 0 Å². The van der Waals surface area contributed by atoms with Gasteiger partial charge in [-0.1, -0.05) is 0 Å². The van der Waals surface area contributed by atoms with E-state index in [1.807, 2.05) is 0 Å². The van der Waals surface area contributed by atoms with E-state index in [-0.39, 0.29) is 0 Å². The maximum Gasteiger partial charge on any atom is 0.297 e. The highest BCUT2D eigenvalue weighted by Crippen LogP contribution is 2.40. The molecule has 0 bridgehead atoms. The Balaban J connectivity index is 3.10. The van der Waals surface area contributed by atoms with Crippen LogP contribution in [-0.2, 0) is 0 Å². The molecule has 1 aliphatic rings. The lowest BCUT2D eigenvalue weighted by atomic mass is 9.81. The molecule has 0 spiro atoms. The lowest BCUT2D eigenvalue weighted by Crippen LogP contribution is -2.74. The van der Waals surface area contributed by atoms with Crippen molar-refractivity contribution in [1.82, 2.24) is 0 Å². The Hall–Kier alpha value is -0.380. The van der Waals surface area contributed by atoms with Crippen molar-refractivity contribution in [2.45, 2.75) is 36.1 Å². The molecule has 0 saturated heterocycles. The molecule has 0 aromatic heterocycles. The summed E-state index contributed by atoms with van der Waals surface area (Å²) in [5, 5.41) is 52.6. The average molecular weight is 216 g/mol. The number of halogens is 2. The first-order valence-electron chi connectivity index (χ1n) is 3.69. The molecule has 1 aliphatic carbocycles. The van der Waals surface area contributed by atoms with E-state index in [1.54, 1.807) is 0 Å². The van der Waals surface area contributed by atoms with E-state index < -0.39 is 36.1 Å². The molecule has 6 N–H and O–H groups in total. The fourth-order valence-corrected chi connectivity index (χ4v) is 1.24. The summed E-state index contributed by atoms with van der Waals surface area (Å²) < 4.78 is 25.9. The molecule has 0 amide bonds. The minimum absolute atomic E-state index is 2.31. The summed E-state index contributed by atoms with van der Waals surface area (Å²) in [6, 6.07) is 0. The van der Waals surface area contributed by atoms with Gasteiger partial charge in [-0.25, -0.2) is 8.78 Å². The standard InChI is InChI=1S/C6H10F2O6/c7-5(13)3(11)1(9)2(10)4(12)6(5,8)14/h1-4,9-14H/t1-,2-,3-,4+,5+,6-/m1/s1. The van der Waals surface area contributed by atoms with Crippen molar-refractivity contribution in [3.63, 3.8) is 0 Å². The molecule has 1 rings (SSSR count). The minimum atomic E-state index is -4.26. The van der Waals surface area contributed by atoms with Gasteiger partial charge in [0.15, 0.2) is 0 Å². The Morgan fingerprint density at radius 3 is 1.14 bits per heavy atom. The lowest BCUT2D eigenvalue weighted by Gasteiger charge is -2.45. The summed E-state index contributed by atoms with van der Waals surface area (Å²) >= 11 is 0. The van der Waals surface area contributed by atoms with Crippen LogP contribution in [0.4, 0.5) is 8.78 Å². The Bertz CT molecular complexity index is 208. The molecular formula is C6H10F2O6. The normalized spacial score (nSPS) is 60.0. The zero-order valence-corrected chi connectivity index (χ0v) is 6.75. The molecule has 0 aromatic rings. The lowest BCUT2D eigenvalue weighted by molar-refractivity contribution is -0.397. The van der Waals surface area contributed by atoms with Gasteiger partial charge in [0.25, 0.3) is 11.7 Å². The van der Waals surface area contributed by atoms with Crippen molar-refractivity contribution in [3.05, 3.63) is 0 Å². The number of aliphatic hydroxyl groups is 6. The van der Waals surface area contributed by atoms with Gasteiger partial charge in [-0.2, -0.15) is 0 Å². The van der Waals surface area contributed by atoms with Gasteiger partial charge in [-0.05, 0) is 0 Å². The van der Waals surface area contributed by atoms with Crippen LogP contribution in [0.25, 0.3) is 0 Å². The van der Waals surface area contributed by atoms with Crippen LogP contribution in [0.2, 0.25) is 0 Å². The molecule has 84 valence electrons. The maximum atomic E-state index is 13.0. The van der Waals surface area contributed by atoms with Crippen LogP contribution in [0.5, 0.6) is 0 Å². The quantitative estimate of drug-likeness (QED) is 0.253. The SMILES string of the molecule is O[C@@H]1[C@@H](O)[C@H](O)[C@](O)(F)[C@](O)(F)[C@@H]1O. The smallest absolute Gasteiger partial charge is 0.297 e. The first-order valence-corrected chi connectivity index (χ1v) is 3.69. The van der Waals surface area contributed by atoms with Crippen LogP contribution in [0.1, 0.15) is 0 Å². The third-order valence-electron chi connectivity index (χ3n) is 2.27. The summed E-state index contributed by atoms with van der Waals surface area (Å²) in [6.45, 7) is 0. The summed E-state index contributed by atoms with van der Waals surface area (Å²) in [5.74, 6) is -8.52. The molecule has 0 radical (unpaired) electrons. The topological polar surface area (TPSA) is 121 Å². The van der Waals surface area contributed by atoms with Crippen molar-refractivity contribution in [2.75, 3.05) is 0 Å². The Labute approximate surface area is 76.7 Å². The number of rotatable bonds is 0. The largest absolute Gasteiger partial charge is 0.387 e. The molecular weight excluding hydrogens is 206 g/mol. The molecule has 1 fully saturated rings. The number of hydrogen-bond donors (Lipinski definition) is 6. The third-order valence-corrected chi connectivity index (χ3v) is 2.27. The van der Waals surface area contributed by atoms with E-state index in [2.05, 4.69) is 0 Å². The first kappa shape index (κ1) is 11.7. The molecule has 6 nitrogen and oxygen atoms in total. The highest BCUT2D eigenvalue weighted by atomic mass is 19.2. The Morgan fingerprint density at radius 1 is 0.714 bits per heavy atom. The highest BCUT2D eigenvalue weighted by Gasteiger charge is 2.69. The number of hydrogen-bond acceptors (Lipinski definition) is 6. The second-order valence-corrected chi connectivity index (χ2v) is 3.22. The van der Waals surface area contributed by atoms with E-state index in [0.717, 1.165) is 0 Å². The molecule has 0 heterocycles. The fraction of sp³-hybridized carbons (Fsp3) is 1.00. The second-order valence-electron chi connectivity index (χ2n) is 3.22.